The maximum absolute atomic E-state index is 15.1. The molecule has 6 rings (SSSR count). The van der Waals surface area contributed by atoms with Crippen molar-refractivity contribution < 1.29 is 38.6 Å². The average Bonchev–Trinajstić information content (AvgIpc) is 3.71. The molecule has 1 fully saturated rings. The van der Waals surface area contributed by atoms with E-state index < -0.39 is 54.4 Å². The molecule has 1 aliphatic rings. The van der Waals surface area contributed by atoms with Gasteiger partial charge in [-0.1, -0.05) is 71.7 Å². The van der Waals surface area contributed by atoms with E-state index in [-0.39, 0.29) is 62.9 Å². The number of carbonyl (C=O) groups excluding carboxylic acids is 5. The molecule has 1 aliphatic heterocycles. The monoisotopic (exact) mass is 1010 g/mol. The van der Waals surface area contributed by atoms with E-state index in [2.05, 4.69) is 15.6 Å². The maximum atomic E-state index is 15.1. The molecule has 1 aromatic heterocycles. The first-order valence-electron chi connectivity index (χ1n) is 23.5. The average molecular weight is 1010 g/mol. The highest BCUT2D eigenvalue weighted by Gasteiger charge is 2.38. The molecule has 1 saturated heterocycles. The Morgan fingerprint density at radius 3 is 2.15 bits per heavy atom. The van der Waals surface area contributed by atoms with Gasteiger partial charge in [-0.3, -0.25) is 24.0 Å². The third-order valence-electron chi connectivity index (χ3n) is 12.8. The minimum atomic E-state index is -1.57. The number of benzene rings is 4. The summed E-state index contributed by atoms with van der Waals surface area (Å²) in [6.07, 6.45) is 1.77. The second kappa shape index (κ2) is 25.2. The predicted molar refractivity (Wildman–Crippen MR) is 273 cm³/mol. The number of methoxy groups -OCH3 is 1. The van der Waals surface area contributed by atoms with Crippen molar-refractivity contribution in [3.63, 3.8) is 0 Å². The minimum Gasteiger partial charge on any atom is -0.457 e. The van der Waals surface area contributed by atoms with Crippen LogP contribution >= 0.6 is 23.2 Å². The van der Waals surface area contributed by atoms with Crippen LogP contribution < -0.4 is 15.4 Å². The Hall–Kier alpha value is -6.30. The number of amides is 5. The van der Waals surface area contributed by atoms with E-state index in [9.17, 15) is 24.3 Å². The number of nitrogens with zero attached hydrogens (tertiary/aromatic N) is 6. The first-order chi connectivity index (χ1) is 34.0. The van der Waals surface area contributed by atoms with E-state index in [1.807, 2.05) is 91.4 Å². The molecule has 0 aliphatic carbocycles. The zero-order valence-corrected chi connectivity index (χ0v) is 42.8. The van der Waals surface area contributed by atoms with Crippen LogP contribution in [0.5, 0.6) is 11.5 Å². The zero-order valence-electron chi connectivity index (χ0n) is 41.3. The van der Waals surface area contributed by atoms with Crippen LogP contribution in [0, 0.1) is 5.92 Å². The van der Waals surface area contributed by atoms with E-state index in [1.54, 1.807) is 63.5 Å². The molecule has 5 atom stereocenters. The van der Waals surface area contributed by atoms with Crippen molar-refractivity contribution in [1.82, 2.24) is 39.8 Å². The Balaban J connectivity index is 1.38. The molecule has 378 valence electrons. The number of hydrogen-bond acceptors (Lipinski definition) is 10. The summed E-state index contributed by atoms with van der Waals surface area (Å²) in [5.41, 5.74) is 3.86. The van der Waals surface area contributed by atoms with E-state index in [0.717, 1.165) is 28.2 Å². The molecule has 0 spiro atoms. The van der Waals surface area contributed by atoms with Gasteiger partial charge in [0.1, 0.15) is 29.4 Å². The summed E-state index contributed by atoms with van der Waals surface area (Å²) in [6.45, 7) is 1.15. The van der Waals surface area contributed by atoms with Gasteiger partial charge in [0.15, 0.2) is 0 Å². The number of aromatic nitrogens is 2. The van der Waals surface area contributed by atoms with Gasteiger partial charge < -0.3 is 49.4 Å². The van der Waals surface area contributed by atoms with Crippen LogP contribution in [0.15, 0.2) is 103 Å². The van der Waals surface area contributed by atoms with E-state index >= 15 is 4.79 Å². The summed E-state index contributed by atoms with van der Waals surface area (Å²) in [5, 5.41) is 17.7. The molecule has 16 nitrogen and oxygen atoms in total. The Morgan fingerprint density at radius 1 is 0.817 bits per heavy atom. The summed E-state index contributed by atoms with van der Waals surface area (Å²) >= 11 is 12.8. The smallest absolute Gasteiger partial charge is 0.247 e. The molecule has 3 N–H and O–H groups in total. The van der Waals surface area contributed by atoms with Gasteiger partial charge in [0.05, 0.1) is 44.1 Å². The Bertz CT molecular complexity index is 2610. The highest BCUT2D eigenvalue weighted by molar-refractivity contribution is 6.31. The quantitative estimate of drug-likeness (QED) is 0.124. The number of carbonyl (C=O) groups is 5. The van der Waals surface area contributed by atoms with Crippen LogP contribution in [0.1, 0.15) is 42.3 Å². The number of aliphatic hydroxyl groups is 1. The van der Waals surface area contributed by atoms with Gasteiger partial charge in [0, 0.05) is 80.9 Å². The molecule has 2 heterocycles. The molecule has 71 heavy (non-hydrogen) atoms. The maximum Gasteiger partial charge on any atom is 0.247 e. The zero-order chi connectivity index (χ0) is 51.4. The standard InChI is InChI=1S/C53H64Cl2N8O8/c1-34-28-57-49(65)27-42(24-36-13-18-40(54)19-14-36)61(5)53(69)44(33-70-7)58-51(67)46(32-64)63(50(66)25-39(52(68)60(34)4)23-35-11-9-8-10-12-35)30-38-15-20-41(55)26-47(38)71-43-21-16-37(17-22-43)45-29-56-48(62(45)6)31-59(2)3/h8-22,26,29,34,39,42,44,46,64H,23-25,27-28,30-33H2,1-7H3,(H,57,65)(H,58,67)/t34-,39+,42-,44-,46-/m0/s1. The van der Waals surface area contributed by atoms with Crippen LogP contribution in [0.4, 0.5) is 0 Å². The van der Waals surface area contributed by atoms with Crippen LogP contribution in [0.2, 0.25) is 10.0 Å². The molecule has 5 aromatic rings. The van der Waals surface area contributed by atoms with Crippen LogP contribution in [0.25, 0.3) is 11.3 Å². The van der Waals surface area contributed by atoms with Gasteiger partial charge in [-0.05, 0) is 93.5 Å². The van der Waals surface area contributed by atoms with Crippen LogP contribution in [0.3, 0.4) is 0 Å². The third kappa shape index (κ3) is 14.4. The fourth-order valence-corrected chi connectivity index (χ4v) is 8.82. The molecule has 4 aromatic carbocycles. The topological polar surface area (TPSA) is 179 Å². The Kier molecular flexibility index (Phi) is 19.2. The number of nitrogens with one attached hydrogen (secondary N) is 2. The normalized spacial score (nSPS) is 20.2. The second-order valence-electron chi connectivity index (χ2n) is 18.3. The molecular formula is C53H64Cl2N8O8. The first-order valence-corrected chi connectivity index (χ1v) is 24.2. The third-order valence-corrected chi connectivity index (χ3v) is 13.3. The largest absolute Gasteiger partial charge is 0.457 e. The highest BCUT2D eigenvalue weighted by atomic mass is 35.5. The molecule has 18 heteroatoms. The molecule has 5 amide bonds. The van der Waals surface area contributed by atoms with E-state index in [0.29, 0.717) is 27.9 Å². The minimum absolute atomic E-state index is 0.0859. The lowest BCUT2D eigenvalue weighted by Gasteiger charge is -2.35. The van der Waals surface area contributed by atoms with Crippen molar-refractivity contribution in [2.75, 3.05) is 55.1 Å². The lowest BCUT2D eigenvalue weighted by molar-refractivity contribution is -0.148. The number of rotatable bonds is 14. The van der Waals surface area contributed by atoms with E-state index in [4.69, 9.17) is 32.7 Å². The SMILES string of the molecule is COC[C@@H]1NC(=O)[C@H](CO)N(Cc2ccc(Cl)cc2Oc2ccc(-c3cnc(CN(C)C)n3C)cc2)C(=O)C[C@@H](Cc2ccccc2)C(=O)N(C)[C@@H](C)CNC(=O)C[C@H](Cc2ccc(Cl)cc2)N(C)C1=O. The number of hydrogen-bond donors (Lipinski definition) is 3. The van der Waals surface area contributed by atoms with E-state index in [1.165, 1.54) is 21.8 Å². The summed E-state index contributed by atoms with van der Waals surface area (Å²) in [4.78, 5) is 83.3. The molecule has 0 saturated carbocycles. The van der Waals surface area contributed by atoms with Crippen molar-refractivity contribution >= 4 is 52.7 Å². The van der Waals surface area contributed by atoms with Crippen molar-refractivity contribution in [1.29, 1.82) is 0 Å². The first kappa shape index (κ1) is 54.0. The molecule has 0 bridgehead atoms. The van der Waals surface area contributed by atoms with Gasteiger partial charge in [-0.15, -0.1) is 0 Å². The van der Waals surface area contributed by atoms with Crippen molar-refractivity contribution in [3.05, 3.63) is 136 Å². The molecular weight excluding hydrogens is 948 g/mol. The molecule has 0 unspecified atom stereocenters. The second-order valence-corrected chi connectivity index (χ2v) is 19.2. The van der Waals surface area contributed by atoms with Gasteiger partial charge in [-0.25, -0.2) is 4.98 Å². The summed E-state index contributed by atoms with van der Waals surface area (Å²) in [6, 6.07) is 24.5. The fraction of sp³-hybridized carbons (Fsp3) is 0.396. The number of ether oxygens (including phenoxy) is 2. The summed E-state index contributed by atoms with van der Waals surface area (Å²) < 4.78 is 13.9. The fourth-order valence-electron chi connectivity index (χ4n) is 8.54. The van der Waals surface area contributed by atoms with Crippen molar-refractivity contribution in [3.8, 4) is 22.8 Å². The van der Waals surface area contributed by atoms with Gasteiger partial charge in [0.2, 0.25) is 29.5 Å². The van der Waals surface area contributed by atoms with Gasteiger partial charge in [-0.2, -0.15) is 0 Å². The number of likely N-dealkylation sites (N-methyl/N-ethyl adjacent to an activating group) is 2. The van der Waals surface area contributed by atoms with Crippen LogP contribution in [-0.4, -0.2) is 143 Å². The lowest BCUT2D eigenvalue weighted by atomic mass is 9.93. The number of halogens is 2. The Labute approximate surface area is 425 Å². The highest BCUT2D eigenvalue weighted by Crippen LogP contribution is 2.33. The van der Waals surface area contributed by atoms with Crippen molar-refractivity contribution in [2.24, 2.45) is 13.0 Å². The molecule has 0 radical (unpaired) electrons. The van der Waals surface area contributed by atoms with Crippen LogP contribution in [-0.2, 0) is 61.7 Å². The number of aliphatic hydroxyl groups excluding tert-OH is 1. The van der Waals surface area contributed by atoms with Gasteiger partial charge >= 0.3 is 0 Å². The summed E-state index contributed by atoms with van der Waals surface area (Å²) in [5.74, 6) is -2.08. The summed E-state index contributed by atoms with van der Waals surface area (Å²) in [7, 11) is 10.5. The Morgan fingerprint density at radius 2 is 1.49 bits per heavy atom. The number of imidazole rings is 1. The van der Waals surface area contributed by atoms with Gasteiger partial charge in [0.25, 0.3) is 0 Å². The predicted octanol–water partition coefficient (Wildman–Crippen LogP) is 5.75. The van der Waals surface area contributed by atoms with Crippen molar-refractivity contribution in [2.45, 2.75) is 69.9 Å². The lowest BCUT2D eigenvalue weighted by Crippen LogP contribution is -2.59.